The summed E-state index contributed by atoms with van der Waals surface area (Å²) in [6, 6.07) is 1.40. The Bertz CT molecular complexity index is 718. The second kappa shape index (κ2) is 5.35. The van der Waals surface area contributed by atoms with Crippen LogP contribution >= 0.6 is 0 Å². The number of aromatic carboxylic acids is 1. The number of hydrogen-bond acceptors (Lipinski definition) is 6. The summed E-state index contributed by atoms with van der Waals surface area (Å²) in [6.07, 6.45) is 3.47. The zero-order valence-corrected chi connectivity index (χ0v) is 11.1. The molecule has 0 aromatic carbocycles. The van der Waals surface area contributed by atoms with Crippen LogP contribution in [0.2, 0.25) is 0 Å². The maximum Gasteiger partial charge on any atom is 0.358 e. The summed E-state index contributed by atoms with van der Waals surface area (Å²) in [7, 11) is 0. The van der Waals surface area contributed by atoms with Crippen molar-refractivity contribution in [2.45, 2.75) is 25.3 Å². The molecule has 110 valence electrons. The molecule has 9 nitrogen and oxygen atoms in total. The van der Waals surface area contributed by atoms with Crippen LogP contribution < -0.4 is 10.9 Å². The van der Waals surface area contributed by atoms with Crippen LogP contribution in [-0.4, -0.2) is 42.6 Å². The summed E-state index contributed by atoms with van der Waals surface area (Å²) in [5.74, 6) is 0.491. The van der Waals surface area contributed by atoms with Crippen molar-refractivity contribution in [2.24, 2.45) is 0 Å². The molecule has 1 aliphatic rings. The highest BCUT2D eigenvalue weighted by atomic mass is 16.4. The molecule has 1 fully saturated rings. The molecule has 0 radical (unpaired) electrons. The van der Waals surface area contributed by atoms with Gasteiger partial charge in [0.1, 0.15) is 11.6 Å². The van der Waals surface area contributed by atoms with Crippen LogP contribution in [0.4, 0.5) is 5.82 Å². The van der Waals surface area contributed by atoms with Gasteiger partial charge in [0.25, 0.3) is 5.56 Å². The van der Waals surface area contributed by atoms with E-state index >= 15 is 0 Å². The standard InChI is InChI=1S/C12H14N6O3/c19-10-5-9(14-11(15-10)7-1-2-7)13-3-4-18-6-8(12(20)21)16-17-18/h5-7H,1-4H2,(H,20,21)(H2,13,14,15,19). The molecular formula is C12H14N6O3. The Morgan fingerprint density at radius 2 is 2.33 bits per heavy atom. The van der Waals surface area contributed by atoms with Crippen LogP contribution in [0, 0.1) is 0 Å². The Labute approximate surface area is 119 Å². The molecule has 3 rings (SSSR count). The normalized spacial score (nSPS) is 14.1. The topological polar surface area (TPSA) is 126 Å². The molecule has 0 unspecified atom stereocenters. The summed E-state index contributed by atoms with van der Waals surface area (Å²) in [4.78, 5) is 29.3. The molecular weight excluding hydrogens is 276 g/mol. The summed E-state index contributed by atoms with van der Waals surface area (Å²) in [6.45, 7) is 0.885. The molecule has 0 amide bonds. The van der Waals surface area contributed by atoms with Crippen molar-refractivity contribution in [1.82, 2.24) is 25.0 Å². The first-order chi connectivity index (χ1) is 10.1. The van der Waals surface area contributed by atoms with Crippen LogP contribution in [0.1, 0.15) is 35.1 Å². The number of carboxylic acid groups (broad SMARTS) is 1. The Hall–Kier alpha value is -2.71. The molecule has 2 aromatic heterocycles. The molecule has 0 spiro atoms. The molecule has 3 N–H and O–H groups in total. The van der Waals surface area contributed by atoms with Gasteiger partial charge >= 0.3 is 5.97 Å². The van der Waals surface area contributed by atoms with Gasteiger partial charge in [0.2, 0.25) is 0 Å². The Kier molecular flexibility index (Phi) is 3.38. The molecule has 0 bridgehead atoms. The number of carbonyl (C=O) groups is 1. The number of rotatable bonds is 6. The van der Waals surface area contributed by atoms with Crippen molar-refractivity contribution in [2.75, 3.05) is 11.9 Å². The zero-order chi connectivity index (χ0) is 14.8. The van der Waals surface area contributed by atoms with Gasteiger partial charge in [-0.3, -0.25) is 4.79 Å². The number of nitrogens with zero attached hydrogens (tertiary/aromatic N) is 4. The van der Waals surface area contributed by atoms with Gasteiger partial charge < -0.3 is 15.4 Å². The van der Waals surface area contributed by atoms with Gasteiger partial charge in [0, 0.05) is 18.5 Å². The summed E-state index contributed by atoms with van der Waals surface area (Å²) >= 11 is 0. The van der Waals surface area contributed by atoms with Gasteiger partial charge in [-0.05, 0) is 12.8 Å². The molecule has 0 atom stereocenters. The molecule has 21 heavy (non-hydrogen) atoms. The van der Waals surface area contributed by atoms with Gasteiger partial charge in [-0.2, -0.15) is 0 Å². The van der Waals surface area contributed by atoms with Gasteiger partial charge in [-0.25, -0.2) is 14.5 Å². The van der Waals surface area contributed by atoms with Crippen LogP contribution in [0.15, 0.2) is 17.1 Å². The largest absolute Gasteiger partial charge is 0.476 e. The first-order valence-corrected chi connectivity index (χ1v) is 6.60. The lowest BCUT2D eigenvalue weighted by molar-refractivity contribution is 0.0690. The van der Waals surface area contributed by atoms with E-state index in [0.717, 1.165) is 18.7 Å². The van der Waals surface area contributed by atoms with E-state index in [1.807, 2.05) is 0 Å². The van der Waals surface area contributed by atoms with E-state index in [2.05, 4.69) is 25.6 Å². The van der Waals surface area contributed by atoms with E-state index < -0.39 is 5.97 Å². The fourth-order valence-electron chi connectivity index (χ4n) is 1.92. The number of anilines is 1. The van der Waals surface area contributed by atoms with Gasteiger partial charge in [0.05, 0.1) is 12.7 Å². The fraction of sp³-hybridized carbons (Fsp3) is 0.417. The van der Waals surface area contributed by atoms with Crippen molar-refractivity contribution in [1.29, 1.82) is 0 Å². The Balaban J connectivity index is 1.59. The number of hydrogen-bond donors (Lipinski definition) is 3. The molecule has 2 heterocycles. The number of H-pyrrole nitrogens is 1. The second-order valence-electron chi connectivity index (χ2n) is 4.89. The van der Waals surface area contributed by atoms with Crippen LogP contribution in [0.3, 0.4) is 0 Å². The second-order valence-corrected chi connectivity index (χ2v) is 4.89. The third-order valence-corrected chi connectivity index (χ3v) is 3.13. The smallest absolute Gasteiger partial charge is 0.358 e. The molecule has 9 heteroatoms. The molecule has 0 saturated heterocycles. The minimum absolute atomic E-state index is 0.0969. The van der Waals surface area contributed by atoms with E-state index in [-0.39, 0.29) is 11.3 Å². The maximum atomic E-state index is 11.5. The third-order valence-electron chi connectivity index (χ3n) is 3.13. The van der Waals surface area contributed by atoms with E-state index in [0.29, 0.717) is 24.8 Å². The predicted molar refractivity (Wildman–Crippen MR) is 72.3 cm³/mol. The predicted octanol–water partition coefficient (Wildman–Crippen LogP) is 0.0491. The fourth-order valence-corrected chi connectivity index (χ4v) is 1.92. The lowest BCUT2D eigenvalue weighted by atomic mass is 10.4. The van der Waals surface area contributed by atoms with Crippen molar-refractivity contribution >= 4 is 11.8 Å². The zero-order valence-electron chi connectivity index (χ0n) is 11.1. The number of nitrogens with one attached hydrogen (secondary N) is 2. The van der Waals surface area contributed by atoms with Crippen molar-refractivity contribution in [3.05, 3.63) is 34.1 Å². The monoisotopic (exact) mass is 290 g/mol. The number of aromatic amines is 1. The minimum atomic E-state index is -1.11. The lowest BCUT2D eigenvalue weighted by Gasteiger charge is -2.06. The molecule has 1 aliphatic carbocycles. The maximum absolute atomic E-state index is 11.5. The highest BCUT2D eigenvalue weighted by Gasteiger charge is 2.26. The van der Waals surface area contributed by atoms with Gasteiger partial charge in [-0.15, -0.1) is 5.10 Å². The summed E-state index contributed by atoms with van der Waals surface area (Å²) in [5.41, 5.74) is -0.274. The van der Waals surface area contributed by atoms with Crippen molar-refractivity contribution < 1.29 is 9.90 Å². The van der Waals surface area contributed by atoms with E-state index in [1.165, 1.54) is 16.9 Å². The quantitative estimate of drug-likeness (QED) is 0.686. The lowest BCUT2D eigenvalue weighted by Crippen LogP contribution is -2.16. The molecule has 1 saturated carbocycles. The van der Waals surface area contributed by atoms with Gasteiger partial charge in [-0.1, -0.05) is 5.21 Å². The Morgan fingerprint density at radius 1 is 1.52 bits per heavy atom. The molecule has 2 aromatic rings. The highest BCUT2D eigenvalue weighted by molar-refractivity contribution is 5.84. The average molecular weight is 290 g/mol. The Morgan fingerprint density at radius 3 is 3.00 bits per heavy atom. The number of carboxylic acids is 1. The van der Waals surface area contributed by atoms with Crippen LogP contribution in [0.25, 0.3) is 0 Å². The minimum Gasteiger partial charge on any atom is -0.476 e. The summed E-state index contributed by atoms with van der Waals surface area (Å²) < 4.78 is 1.42. The van der Waals surface area contributed by atoms with E-state index in [4.69, 9.17) is 5.11 Å². The summed E-state index contributed by atoms with van der Waals surface area (Å²) in [5, 5.41) is 19.0. The van der Waals surface area contributed by atoms with Crippen LogP contribution in [-0.2, 0) is 6.54 Å². The average Bonchev–Trinajstić information content (AvgIpc) is 3.18. The molecule has 0 aliphatic heterocycles. The van der Waals surface area contributed by atoms with Crippen molar-refractivity contribution in [3.63, 3.8) is 0 Å². The first-order valence-electron chi connectivity index (χ1n) is 6.60. The van der Waals surface area contributed by atoms with E-state index in [9.17, 15) is 9.59 Å². The van der Waals surface area contributed by atoms with Gasteiger partial charge in [0.15, 0.2) is 5.69 Å². The first kappa shape index (κ1) is 13.3. The SMILES string of the molecule is O=C(O)c1cn(CCNc2cc(=O)[nH]c(C3CC3)n2)nn1. The van der Waals surface area contributed by atoms with Crippen LogP contribution in [0.5, 0.6) is 0 Å². The van der Waals surface area contributed by atoms with Crippen molar-refractivity contribution in [3.8, 4) is 0 Å². The highest BCUT2D eigenvalue weighted by Crippen LogP contribution is 2.37. The van der Waals surface area contributed by atoms with E-state index in [1.54, 1.807) is 0 Å². The number of aromatic nitrogens is 5. The third kappa shape index (κ3) is 3.25.